The van der Waals surface area contributed by atoms with Crippen molar-refractivity contribution in [1.29, 1.82) is 0 Å². The van der Waals surface area contributed by atoms with Crippen LogP contribution in [0.4, 0.5) is 11.5 Å². The lowest BCUT2D eigenvalue weighted by molar-refractivity contribution is -0.111. The number of anilines is 2. The summed E-state index contributed by atoms with van der Waals surface area (Å²) in [6.07, 6.45) is 6.74. The van der Waals surface area contributed by atoms with Crippen molar-refractivity contribution in [2.45, 2.75) is 6.42 Å². The SMILES string of the molecule is C=CC(=O)Nc1ccc(-c2c3c4c(ncnc4n2C)NCCc2cc(Oc4ccncn4)ccc2-3)cc1. The molecule has 0 spiro atoms. The van der Waals surface area contributed by atoms with Crippen molar-refractivity contribution in [2.75, 3.05) is 17.2 Å². The molecule has 0 aliphatic carbocycles. The monoisotopic (exact) mass is 489 g/mol. The van der Waals surface area contributed by atoms with Crippen LogP contribution >= 0.6 is 0 Å². The minimum Gasteiger partial charge on any atom is -0.439 e. The molecule has 2 aromatic carbocycles. The van der Waals surface area contributed by atoms with Gasteiger partial charge in [-0.1, -0.05) is 24.8 Å². The number of benzene rings is 2. The zero-order chi connectivity index (χ0) is 25.4. The molecule has 37 heavy (non-hydrogen) atoms. The number of rotatable bonds is 5. The summed E-state index contributed by atoms with van der Waals surface area (Å²) >= 11 is 0. The van der Waals surface area contributed by atoms with E-state index in [1.165, 1.54) is 12.4 Å². The molecule has 182 valence electrons. The first-order valence-electron chi connectivity index (χ1n) is 11.8. The number of hydrogen-bond acceptors (Lipinski definition) is 7. The number of carbonyl (C=O) groups is 1. The second-order valence-electron chi connectivity index (χ2n) is 8.62. The molecule has 0 unspecified atom stereocenters. The molecule has 1 aliphatic rings. The van der Waals surface area contributed by atoms with Crippen LogP contribution in [0.3, 0.4) is 0 Å². The number of nitrogens with one attached hydrogen (secondary N) is 2. The fourth-order valence-electron chi connectivity index (χ4n) is 4.75. The molecule has 0 atom stereocenters. The molecule has 5 aromatic rings. The molecule has 0 saturated heterocycles. The summed E-state index contributed by atoms with van der Waals surface area (Å²) in [6, 6.07) is 15.6. The average molecular weight is 490 g/mol. The van der Waals surface area contributed by atoms with Crippen molar-refractivity contribution >= 4 is 28.4 Å². The largest absolute Gasteiger partial charge is 0.439 e. The molecule has 0 bridgehead atoms. The van der Waals surface area contributed by atoms with Crippen molar-refractivity contribution in [3.63, 3.8) is 0 Å². The lowest BCUT2D eigenvalue weighted by Crippen LogP contribution is -2.10. The van der Waals surface area contributed by atoms with Gasteiger partial charge in [0.15, 0.2) is 0 Å². The average Bonchev–Trinajstić information content (AvgIpc) is 3.21. The van der Waals surface area contributed by atoms with Gasteiger partial charge in [0, 0.05) is 37.1 Å². The molecule has 1 aliphatic heterocycles. The Labute approximate surface area is 212 Å². The zero-order valence-electron chi connectivity index (χ0n) is 20.1. The van der Waals surface area contributed by atoms with Gasteiger partial charge in [-0.2, -0.15) is 0 Å². The van der Waals surface area contributed by atoms with Gasteiger partial charge >= 0.3 is 0 Å². The van der Waals surface area contributed by atoms with Crippen molar-refractivity contribution in [1.82, 2.24) is 24.5 Å². The predicted octanol–water partition coefficient (Wildman–Crippen LogP) is 4.98. The third kappa shape index (κ3) is 4.06. The van der Waals surface area contributed by atoms with Crippen LogP contribution < -0.4 is 15.4 Å². The third-order valence-corrected chi connectivity index (χ3v) is 6.39. The number of hydrogen-bond donors (Lipinski definition) is 2. The van der Waals surface area contributed by atoms with E-state index in [0.717, 1.165) is 57.8 Å². The summed E-state index contributed by atoms with van der Waals surface area (Å²) in [6.45, 7) is 4.23. The maximum atomic E-state index is 11.7. The van der Waals surface area contributed by atoms with Crippen LogP contribution in [0.25, 0.3) is 33.4 Å². The highest BCUT2D eigenvalue weighted by molar-refractivity contribution is 6.09. The van der Waals surface area contributed by atoms with Gasteiger partial charge in [0.05, 0.1) is 11.1 Å². The smallest absolute Gasteiger partial charge is 0.247 e. The van der Waals surface area contributed by atoms with Gasteiger partial charge < -0.3 is 19.9 Å². The fraction of sp³-hybridized carbons (Fsp3) is 0.107. The zero-order valence-corrected chi connectivity index (χ0v) is 20.1. The number of aryl methyl sites for hydroxylation is 1. The molecule has 2 N–H and O–H groups in total. The van der Waals surface area contributed by atoms with E-state index in [0.29, 0.717) is 17.3 Å². The minimum atomic E-state index is -0.250. The lowest BCUT2D eigenvalue weighted by atomic mass is 9.92. The van der Waals surface area contributed by atoms with Gasteiger partial charge in [0.25, 0.3) is 0 Å². The van der Waals surface area contributed by atoms with Crippen LogP contribution in [0, 0.1) is 0 Å². The predicted molar refractivity (Wildman–Crippen MR) is 143 cm³/mol. The van der Waals surface area contributed by atoms with Crippen molar-refractivity contribution in [3.05, 3.63) is 85.6 Å². The second kappa shape index (κ2) is 9.19. The lowest BCUT2D eigenvalue weighted by Gasteiger charge is -2.18. The Morgan fingerprint density at radius 2 is 1.97 bits per heavy atom. The highest BCUT2D eigenvalue weighted by Gasteiger charge is 2.25. The molecule has 9 nitrogen and oxygen atoms in total. The van der Waals surface area contributed by atoms with E-state index >= 15 is 0 Å². The summed E-state index contributed by atoms with van der Waals surface area (Å²) in [7, 11) is 2.01. The molecule has 1 amide bonds. The number of ether oxygens (including phenoxy) is 1. The number of aromatic nitrogens is 5. The maximum Gasteiger partial charge on any atom is 0.247 e. The van der Waals surface area contributed by atoms with E-state index in [1.807, 2.05) is 37.4 Å². The summed E-state index contributed by atoms with van der Waals surface area (Å²) in [4.78, 5) is 29.0. The van der Waals surface area contributed by atoms with Gasteiger partial charge in [-0.25, -0.2) is 19.9 Å². The minimum absolute atomic E-state index is 0.250. The topological polar surface area (TPSA) is 107 Å². The molecule has 0 fully saturated rings. The molecular formula is C28H23N7O2. The van der Waals surface area contributed by atoms with Gasteiger partial charge in [0.1, 0.15) is 29.9 Å². The second-order valence-corrected chi connectivity index (χ2v) is 8.62. The number of fused-ring (bicyclic) bond motifs is 2. The van der Waals surface area contributed by atoms with Gasteiger partial charge in [-0.15, -0.1) is 0 Å². The van der Waals surface area contributed by atoms with Gasteiger partial charge in [-0.05, 0) is 53.5 Å². The molecule has 0 saturated carbocycles. The molecule has 0 radical (unpaired) electrons. The number of amides is 1. The highest BCUT2D eigenvalue weighted by Crippen LogP contribution is 2.45. The first kappa shape index (κ1) is 22.4. The van der Waals surface area contributed by atoms with Crippen LogP contribution in [-0.2, 0) is 18.3 Å². The van der Waals surface area contributed by atoms with Crippen LogP contribution in [0.1, 0.15) is 5.56 Å². The fourth-order valence-corrected chi connectivity index (χ4v) is 4.75. The van der Waals surface area contributed by atoms with Crippen LogP contribution in [0.2, 0.25) is 0 Å². The van der Waals surface area contributed by atoms with E-state index in [2.05, 4.69) is 53.8 Å². The molecule has 9 heteroatoms. The first-order chi connectivity index (χ1) is 18.1. The van der Waals surface area contributed by atoms with Crippen LogP contribution in [-0.4, -0.2) is 37.0 Å². The van der Waals surface area contributed by atoms with Crippen LogP contribution in [0.15, 0.2) is 80.0 Å². The molecule has 3 aromatic heterocycles. The molecule has 6 rings (SSSR count). The van der Waals surface area contributed by atoms with E-state index in [1.54, 1.807) is 18.6 Å². The molecule has 4 heterocycles. The summed E-state index contributed by atoms with van der Waals surface area (Å²) in [5.74, 6) is 1.76. The normalized spacial score (nSPS) is 12.1. The molecular weight excluding hydrogens is 466 g/mol. The Bertz CT molecular complexity index is 1640. The standard InChI is InChI=1S/C28H23N7O2/c1-3-22(36)34-19-6-4-17(5-7-19)26-24-21-9-8-20(37-23-11-12-29-15-31-23)14-18(21)10-13-30-27-25(24)28(35(26)2)33-16-32-27/h3-9,11-12,14-16H,1,10,13H2,2H3,(H,34,36)(H,30,32,33). The number of nitrogens with zero attached hydrogens (tertiary/aromatic N) is 5. The van der Waals surface area contributed by atoms with Gasteiger partial charge in [0.2, 0.25) is 11.8 Å². The Balaban J connectivity index is 1.52. The van der Waals surface area contributed by atoms with E-state index < -0.39 is 0 Å². The third-order valence-electron chi connectivity index (χ3n) is 6.39. The van der Waals surface area contributed by atoms with Crippen LogP contribution in [0.5, 0.6) is 11.6 Å². The Hall–Kier alpha value is -5.05. The van der Waals surface area contributed by atoms with Crippen molar-refractivity contribution < 1.29 is 9.53 Å². The van der Waals surface area contributed by atoms with Gasteiger partial charge in [-0.3, -0.25) is 4.79 Å². The summed E-state index contributed by atoms with van der Waals surface area (Å²) in [5, 5.41) is 7.25. The first-order valence-corrected chi connectivity index (χ1v) is 11.8. The van der Waals surface area contributed by atoms with Crippen molar-refractivity contribution in [3.8, 4) is 34.0 Å². The highest BCUT2D eigenvalue weighted by atomic mass is 16.5. The Kier molecular flexibility index (Phi) is 5.57. The maximum absolute atomic E-state index is 11.7. The quantitative estimate of drug-likeness (QED) is 0.336. The van der Waals surface area contributed by atoms with E-state index in [9.17, 15) is 4.79 Å². The Morgan fingerprint density at radius 1 is 1.11 bits per heavy atom. The Morgan fingerprint density at radius 3 is 2.76 bits per heavy atom. The van der Waals surface area contributed by atoms with Crippen molar-refractivity contribution in [2.24, 2.45) is 7.05 Å². The van der Waals surface area contributed by atoms with E-state index in [-0.39, 0.29) is 5.91 Å². The van der Waals surface area contributed by atoms with E-state index in [4.69, 9.17) is 4.74 Å². The summed E-state index contributed by atoms with van der Waals surface area (Å²) in [5.41, 5.74) is 6.81. The number of carbonyl (C=O) groups excluding carboxylic acids is 1. The summed E-state index contributed by atoms with van der Waals surface area (Å²) < 4.78 is 8.08.